The number of carbonyl (C=O) groups excluding carboxylic acids is 1. The van der Waals surface area contributed by atoms with Crippen molar-refractivity contribution in [3.05, 3.63) is 58.8 Å². The van der Waals surface area contributed by atoms with Crippen LogP contribution < -0.4 is 0 Å². The molecule has 3 rings (SSSR count). The summed E-state index contributed by atoms with van der Waals surface area (Å²) in [5.74, 6) is 2.42. The normalized spacial score (nSPS) is 11.2. The van der Waals surface area contributed by atoms with Gasteiger partial charge in [0.2, 0.25) is 17.7 Å². The summed E-state index contributed by atoms with van der Waals surface area (Å²) < 4.78 is 11.3. The molecular formula is C21H25ClN4O3. The van der Waals surface area contributed by atoms with Gasteiger partial charge in [0.05, 0.1) is 30.2 Å². The van der Waals surface area contributed by atoms with Gasteiger partial charge in [-0.3, -0.25) is 9.69 Å². The first-order valence-corrected chi connectivity index (χ1v) is 9.93. The second-order valence-corrected chi connectivity index (χ2v) is 7.36. The molecule has 0 radical (unpaired) electrons. The summed E-state index contributed by atoms with van der Waals surface area (Å²) in [7, 11) is 1.77. The molecule has 154 valence electrons. The Labute approximate surface area is 175 Å². The Kier molecular flexibility index (Phi) is 7.06. The lowest BCUT2D eigenvalue weighted by Gasteiger charge is -2.23. The third-order valence-corrected chi connectivity index (χ3v) is 4.77. The van der Waals surface area contributed by atoms with Crippen LogP contribution in [0.4, 0.5) is 0 Å². The maximum atomic E-state index is 12.7. The molecule has 1 amide bonds. The third-order valence-electron chi connectivity index (χ3n) is 4.44. The first-order chi connectivity index (χ1) is 14.0. The van der Waals surface area contributed by atoms with E-state index in [1.807, 2.05) is 42.2 Å². The molecule has 1 aromatic carbocycles. The number of aromatic nitrogens is 2. The number of benzene rings is 1. The van der Waals surface area contributed by atoms with Crippen molar-refractivity contribution in [3.63, 3.8) is 0 Å². The first-order valence-electron chi connectivity index (χ1n) is 9.55. The first kappa shape index (κ1) is 21.1. The van der Waals surface area contributed by atoms with Gasteiger partial charge >= 0.3 is 0 Å². The van der Waals surface area contributed by atoms with Gasteiger partial charge in [-0.1, -0.05) is 30.7 Å². The van der Waals surface area contributed by atoms with E-state index in [2.05, 4.69) is 17.1 Å². The predicted molar refractivity (Wildman–Crippen MR) is 110 cm³/mol. The van der Waals surface area contributed by atoms with E-state index in [1.165, 1.54) is 0 Å². The summed E-state index contributed by atoms with van der Waals surface area (Å²) in [6.07, 6.45) is 0.903. The number of furan rings is 1. The standard InChI is InChI=1S/C21H25ClN4O3/c1-4-11-26(14-20(27)25(3)12-16-10-9-15(2)28-16)13-19-23-24-21(29-19)17-7-5-6-8-18(17)22/h5-10H,4,11-14H2,1-3H3. The lowest BCUT2D eigenvalue weighted by atomic mass is 10.2. The summed E-state index contributed by atoms with van der Waals surface area (Å²) in [5.41, 5.74) is 0.694. The molecule has 0 saturated carbocycles. The maximum absolute atomic E-state index is 12.7. The average Bonchev–Trinajstić information content (AvgIpc) is 3.31. The smallest absolute Gasteiger partial charge is 0.249 e. The van der Waals surface area contributed by atoms with E-state index in [0.717, 1.165) is 24.5 Å². The van der Waals surface area contributed by atoms with Crippen molar-refractivity contribution in [3.8, 4) is 11.5 Å². The van der Waals surface area contributed by atoms with Gasteiger partial charge in [0, 0.05) is 7.05 Å². The van der Waals surface area contributed by atoms with Crippen molar-refractivity contribution in [1.82, 2.24) is 20.0 Å². The number of hydrogen-bond acceptors (Lipinski definition) is 6. The van der Waals surface area contributed by atoms with Crippen LogP contribution in [-0.2, 0) is 17.9 Å². The van der Waals surface area contributed by atoms with E-state index in [-0.39, 0.29) is 12.5 Å². The van der Waals surface area contributed by atoms with Crippen molar-refractivity contribution in [2.75, 3.05) is 20.1 Å². The number of halogens is 1. The zero-order valence-electron chi connectivity index (χ0n) is 16.9. The van der Waals surface area contributed by atoms with Crippen LogP contribution in [-0.4, -0.2) is 46.0 Å². The third kappa shape index (κ3) is 5.68. The number of hydrogen-bond donors (Lipinski definition) is 0. The Bertz CT molecular complexity index is 953. The van der Waals surface area contributed by atoms with Gasteiger partial charge in [-0.15, -0.1) is 10.2 Å². The second kappa shape index (κ2) is 9.71. The molecule has 0 aliphatic carbocycles. The van der Waals surface area contributed by atoms with Gasteiger partial charge in [-0.05, 0) is 44.2 Å². The highest BCUT2D eigenvalue weighted by molar-refractivity contribution is 6.33. The fraction of sp³-hybridized carbons (Fsp3) is 0.381. The molecule has 0 fully saturated rings. The Morgan fingerprint density at radius 2 is 1.90 bits per heavy atom. The zero-order chi connectivity index (χ0) is 20.8. The highest BCUT2D eigenvalue weighted by atomic mass is 35.5. The molecule has 0 N–H and O–H groups in total. The molecule has 0 bridgehead atoms. The van der Waals surface area contributed by atoms with Gasteiger partial charge in [0.15, 0.2) is 0 Å². The predicted octanol–water partition coefficient (Wildman–Crippen LogP) is 4.16. The SMILES string of the molecule is CCCN(CC(=O)N(C)Cc1ccc(C)o1)Cc1nnc(-c2ccccc2Cl)o1. The second-order valence-electron chi connectivity index (χ2n) is 6.95. The largest absolute Gasteiger partial charge is 0.464 e. The highest BCUT2D eigenvalue weighted by Gasteiger charge is 2.19. The molecule has 7 nitrogen and oxygen atoms in total. The molecule has 0 unspecified atom stereocenters. The lowest BCUT2D eigenvalue weighted by Crippen LogP contribution is -2.38. The van der Waals surface area contributed by atoms with Gasteiger partial charge in [-0.2, -0.15) is 0 Å². The van der Waals surface area contributed by atoms with Crippen LogP contribution in [0.2, 0.25) is 5.02 Å². The molecule has 8 heteroatoms. The van der Waals surface area contributed by atoms with Crippen LogP contribution in [0.25, 0.3) is 11.5 Å². The summed E-state index contributed by atoms with van der Waals surface area (Å²) in [4.78, 5) is 16.3. The van der Waals surface area contributed by atoms with E-state index in [4.69, 9.17) is 20.4 Å². The molecule has 29 heavy (non-hydrogen) atoms. The summed E-state index contributed by atoms with van der Waals surface area (Å²) in [6.45, 7) is 5.77. The molecular weight excluding hydrogens is 392 g/mol. The molecule has 0 atom stereocenters. The quantitative estimate of drug-likeness (QED) is 0.521. The van der Waals surface area contributed by atoms with E-state index < -0.39 is 0 Å². The monoisotopic (exact) mass is 416 g/mol. The fourth-order valence-corrected chi connectivity index (χ4v) is 3.20. The number of nitrogens with zero attached hydrogens (tertiary/aromatic N) is 4. The van der Waals surface area contributed by atoms with E-state index in [0.29, 0.717) is 35.5 Å². The number of likely N-dealkylation sites (N-methyl/N-ethyl adjacent to an activating group) is 1. The van der Waals surface area contributed by atoms with Gasteiger partial charge in [0.1, 0.15) is 11.5 Å². The minimum absolute atomic E-state index is 0.00153. The summed E-state index contributed by atoms with van der Waals surface area (Å²) in [5, 5.41) is 8.77. The lowest BCUT2D eigenvalue weighted by molar-refractivity contribution is -0.132. The number of amides is 1. The molecule has 3 aromatic rings. The Hall–Kier alpha value is -2.64. The van der Waals surface area contributed by atoms with Crippen molar-refractivity contribution in [2.45, 2.75) is 33.4 Å². The molecule has 2 heterocycles. The van der Waals surface area contributed by atoms with Crippen LogP contribution >= 0.6 is 11.6 Å². The van der Waals surface area contributed by atoms with Crippen molar-refractivity contribution in [2.24, 2.45) is 0 Å². The summed E-state index contributed by atoms with van der Waals surface area (Å²) >= 11 is 6.20. The zero-order valence-corrected chi connectivity index (χ0v) is 17.6. The van der Waals surface area contributed by atoms with Gasteiger partial charge in [-0.25, -0.2) is 0 Å². The van der Waals surface area contributed by atoms with Gasteiger partial charge in [0.25, 0.3) is 0 Å². The molecule has 0 saturated heterocycles. The fourth-order valence-electron chi connectivity index (χ4n) is 2.99. The molecule has 0 spiro atoms. The Balaban J connectivity index is 1.62. The van der Waals surface area contributed by atoms with Crippen molar-refractivity contribution < 1.29 is 13.6 Å². The van der Waals surface area contributed by atoms with E-state index in [1.54, 1.807) is 18.0 Å². The van der Waals surface area contributed by atoms with E-state index >= 15 is 0 Å². The van der Waals surface area contributed by atoms with E-state index in [9.17, 15) is 4.79 Å². The number of aryl methyl sites for hydroxylation is 1. The number of rotatable bonds is 9. The van der Waals surface area contributed by atoms with Crippen LogP contribution in [0.15, 0.2) is 45.2 Å². The summed E-state index contributed by atoms with van der Waals surface area (Å²) in [6, 6.07) is 11.1. The molecule has 0 aliphatic heterocycles. The highest BCUT2D eigenvalue weighted by Crippen LogP contribution is 2.26. The van der Waals surface area contributed by atoms with Crippen LogP contribution in [0.1, 0.15) is 30.8 Å². The van der Waals surface area contributed by atoms with Crippen LogP contribution in [0, 0.1) is 6.92 Å². The average molecular weight is 417 g/mol. The van der Waals surface area contributed by atoms with Crippen LogP contribution in [0.5, 0.6) is 0 Å². The Morgan fingerprint density at radius 1 is 1.10 bits per heavy atom. The topological polar surface area (TPSA) is 75.6 Å². The van der Waals surface area contributed by atoms with Crippen molar-refractivity contribution >= 4 is 17.5 Å². The maximum Gasteiger partial charge on any atom is 0.249 e. The van der Waals surface area contributed by atoms with Crippen molar-refractivity contribution in [1.29, 1.82) is 0 Å². The minimum Gasteiger partial charge on any atom is -0.464 e. The van der Waals surface area contributed by atoms with Crippen LogP contribution in [0.3, 0.4) is 0 Å². The van der Waals surface area contributed by atoms with Gasteiger partial charge < -0.3 is 13.7 Å². The molecule has 2 aromatic heterocycles. The Morgan fingerprint density at radius 3 is 2.59 bits per heavy atom. The minimum atomic E-state index is -0.00153. The molecule has 0 aliphatic rings. The number of carbonyl (C=O) groups is 1.